The van der Waals surface area contributed by atoms with Crippen molar-refractivity contribution in [2.45, 2.75) is 25.8 Å². The van der Waals surface area contributed by atoms with Crippen LogP contribution >= 0.6 is 0 Å². The standard InChI is InChI=1S/C20H23N3O3/c1-15-17(10-7-11-18(15)23(25)26)20(24)21-14-19(22-12-5-6-13-22)16-8-3-2-4-9-16/h2-4,7-11,19H,5-6,12-14H2,1H3,(H,21,24). The maximum atomic E-state index is 12.6. The lowest BCUT2D eigenvalue weighted by molar-refractivity contribution is -0.385. The van der Waals surface area contributed by atoms with Gasteiger partial charge in [0.25, 0.3) is 11.6 Å². The second-order valence-electron chi connectivity index (χ2n) is 6.59. The van der Waals surface area contributed by atoms with E-state index < -0.39 is 4.92 Å². The number of hydrogen-bond donors (Lipinski definition) is 1. The highest BCUT2D eigenvalue weighted by Crippen LogP contribution is 2.25. The maximum absolute atomic E-state index is 12.6. The van der Waals surface area contributed by atoms with Gasteiger partial charge >= 0.3 is 0 Å². The van der Waals surface area contributed by atoms with Crippen molar-refractivity contribution in [1.29, 1.82) is 0 Å². The molecule has 0 bridgehead atoms. The first-order valence-electron chi connectivity index (χ1n) is 8.89. The topological polar surface area (TPSA) is 75.5 Å². The molecule has 0 spiro atoms. The van der Waals surface area contributed by atoms with Crippen LogP contribution in [-0.4, -0.2) is 35.4 Å². The summed E-state index contributed by atoms with van der Waals surface area (Å²) in [5.41, 5.74) is 1.89. The van der Waals surface area contributed by atoms with E-state index in [9.17, 15) is 14.9 Å². The molecule has 1 fully saturated rings. The molecule has 6 heteroatoms. The molecular formula is C20H23N3O3. The van der Waals surface area contributed by atoms with Crippen molar-refractivity contribution in [3.63, 3.8) is 0 Å². The first-order valence-corrected chi connectivity index (χ1v) is 8.89. The largest absolute Gasteiger partial charge is 0.350 e. The Hall–Kier alpha value is -2.73. The second kappa shape index (κ2) is 8.10. The summed E-state index contributed by atoms with van der Waals surface area (Å²) in [6.45, 7) is 4.13. The average Bonchev–Trinajstić information content (AvgIpc) is 3.17. The molecule has 6 nitrogen and oxygen atoms in total. The fraction of sp³-hybridized carbons (Fsp3) is 0.350. The van der Waals surface area contributed by atoms with Crippen LogP contribution in [-0.2, 0) is 0 Å². The van der Waals surface area contributed by atoms with Crippen LogP contribution in [0, 0.1) is 17.0 Å². The van der Waals surface area contributed by atoms with Crippen LogP contribution in [0.2, 0.25) is 0 Å². The van der Waals surface area contributed by atoms with Crippen molar-refractivity contribution in [2.24, 2.45) is 0 Å². The first kappa shape index (κ1) is 18.1. The SMILES string of the molecule is Cc1c(C(=O)NCC(c2ccccc2)N2CCCC2)cccc1[N+](=O)[O-]. The maximum Gasteiger partial charge on any atom is 0.273 e. The number of amides is 1. The fourth-order valence-corrected chi connectivity index (χ4v) is 3.54. The van der Waals surface area contributed by atoms with Gasteiger partial charge in [-0.05, 0) is 44.5 Å². The van der Waals surface area contributed by atoms with Gasteiger partial charge in [0, 0.05) is 23.7 Å². The zero-order chi connectivity index (χ0) is 18.5. The van der Waals surface area contributed by atoms with Crippen LogP contribution in [0.1, 0.15) is 40.4 Å². The van der Waals surface area contributed by atoms with E-state index in [2.05, 4.69) is 22.3 Å². The van der Waals surface area contributed by atoms with Crippen LogP contribution < -0.4 is 5.32 Å². The summed E-state index contributed by atoms with van der Waals surface area (Å²) < 4.78 is 0. The van der Waals surface area contributed by atoms with Crippen molar-refractivity contribution in [3.05, 3.63) is 75.3 Å². The third-order valence-electron chi connectivity index (χ3n) is 4.97. The number of hydrogen-bond acceptors (Lipinski definition) is 4. The van der Waals surface area contributed by atoms with Gasteiger partial charge in [0.15, 0.2) is 0 Å². The van der Waals surface area contributed by atoms with E-state index in [1.807, 2.05) is 18.2 Å². The third-order valence-corrected chi connectivity index (χ3v) is 4.97. The van der Waals surface area contributed by atoms with Gasteiger partial charge < -0.3 is 5.32 Å². The molecule has 1 atom stereocenters. The van der Waals surface area contributed by atoms with Gasteiger partial charge in [-0.25, -0.2) is 0 Å². The molecule has 1 heterocycles. The molecular weight excluding hydrogens is 330 g/mol. The number of nitro groups is 1. The minimum absolute atomic E-state index is 0.0307. The Morgan fingerprint density at radius 2 is 1.85 bits per heavy atom. The van der Waals surface area contributed by atoms with Crippen molar-refractivity contribution in [1.82, 2.24) is 10.2 Å². The van der Waals surface area contributed by atoms with Gasteiger partial charge in [-0.1, -0.05) is 36.4 Å². The summed E-state index contributed by atoms with van der Waals surface area (Å²) in [6.07, 6.45) is 2.34. The van der Waals surface area contributed by atoms with Crippen molar-refractivity contribution in [2.75, 3.05) is 19.6 Å². The summed E-state index contributed by atoms with van der Waals surface area (Å²) >= 11 is 0. The second-order valence-corrected chi connectivity index (χ2v) is 6.59. The first-order chi connectivity index (χ1) is 12.6. The van der Waals surface area contributed by atoms with E-state index >= 15 is 0 Å². The molecule has 136 valence electrons. The van der Waals surface area contributed by atoms with E-state index in [0.29, 0.717) is 17.7 Å². The summed E-state index contributed by atoms with van der Waals surface area (Å²) in [4.78, 5) is 25.7. The Balaban J connectivity index is 1.76. The molecule has 2 aromatic rings. The Labute approximate surface area is 153 Å². The smallest absolute Gasteiger partial charge is 0.273 e. The van der Waals surface area contributed by atoms with E-state index in [0.717, 1.165) is 13.1 Å². The van der Waals surface area contributed by atoms with Crippen molar-refractivity contribution in [3.8, 4) is 0 Å². The predicted molar refractivity (Wildman–Crippen MR) is 100 cm³/mol. The predicted octanol–water partition coefficient (Wildman–Crippen LogP) is 3.47. The van der Waals surface area contributed by atoms with Crippen LogP contribution in [0.15, 0.2) is 48.5 Å². The molecule has 0 aromatic heterocycles. The number of likely N-dealkylation sites (tertiary alicyclic amines) is 1. The van der Waals surface area contributed by atoms with Gasteiger partial charge in [0.05, 0.1) is 11.0 Å². The minimum Gasteiger partial charge on any atom is -0.350 e. The Morgan fingerprint density at radius 3 is 2.50 bits per heavy atom. The van der Waals surface area contributed by atoms with Gasteiger partial charge in [-0.3, -0.25) is 19.8 Å². The van der Waals surface area contributed by atoms with E-state index in [4.69, 9.17) is 0 Å². The van der Waals surface area contributed by atoms with Gasteiger partial charge in [-0.15, -0.1) is 0 Å². The molecule has 1 N–H and O–H groups in total. The number of carbonyl (C=O) groups is 1. The van der Waals surface area contributed by atoms with Crippen LogP contribution in [0.4, 0.5) is 5.69 Å². The van der Waals surface area contributed by atoms with E-state index in [1.54, 1.807) is 19.1 Å². The molecule has 3 rings (SSSR count). The summed E-state index contributed by atoms with van der Waals surface area (Å²) in [5.74, 6) is -0.272. The Kier molecular flexibility index (Phi) is 5.63. The molecule has 0 radical (unpaired) electrons. The molecule has 1 saturated heterocycles. The number of nitrogens with zero attached hydrogens (tertiary/aromatic N) is 2. The number of benzene rings is 2. The number of nitrogens with one attached hydrogen (secondary N) is 1. The molecule has 1 aliphatic rings. The summed E-state index contributed by atoms with van der Waals surface area (Å²) in [7, 11) is 0. The zero-order valence-corrected chi connectivity index (χ0v) is 14.9. The van der Waals surface area contributed by atoms with Crippen molar-refractivity contribution >= 4 is 11.6 Å². The number of rotatable bonds is 6. The Bertz CT molecular complexity index is 786. The molecule has 1 amide bonds. The third kappa shape index (κ3) is 3.91. The lowest BCUT2D eigenvalue weighted by atomic mass is 10.0. The summed E-state index contributed by atoms with van der Waals surface area (Å²) in [5, 5.41) is 14.1. The molecule has 1 aliphatic heterocycles. The highest BCUT2D eigenvalue weighted by Gasteiger charge is 2.25. The monoisotopic (exact) mass is 353 g/mol. The fourth-order valence-electron chi connectivity index (χ4n) is 3.54. The average molecular weight is 353 g/mol. The lowest BCUT2D eigenvalue weighted by Gasteiger charge is -2.28. The quantitative estimate of drug-likeness (QED) is 0.637. The molecule has 2 aromatic carbocycles. The van der Waals surface area contributed by atoms with E-state index in [1.165, 1.54) is 24.5 Å². The van der Waals surface area contributed by atoms with Gasteiger partial charge in [0.2, 0.25) is 0 Å². The van der Waals surface area contributed by atoms with Crippen LogP contribution in [0.5, 0.6) is 0 Å². The molecule has 0 aliphatic carbocycles. The van der Waals surface area contributed by atoms with Gasteiger partial charge in [0.1, 0.15) is 0 Å². The molecule has 1 unspecified atom stereocenters. The van der Waals surface area contributed by atoms with E-state index in [-0.39, 0.29) is 17.6 Å². The van der Waals surface area contributed by atoms with Gasteiger partial charge in [-0.2, -0.15) is 0 Å². The normalized spacial score (nSPS) is 15.6. The van der Waals surface area contributed by atoms with Crippen LogP contribution in [0.3, 0.4) is 0 Å². The Morgan fingerprint density at radius 1 is 1.15 bits per heavy atom. The van der Waals surface area contributed by atoms with Crippen molar-refractivity contribution < 1.29 is 9.72 Å². The zero-order valence-electron chi connectivity index (χ0n) is 14.9. The lowest BCUT2D eigenvalue weighted by Crippen LogP contribution is -2.37. The summed E-state index contributed by atoms with van der Waals surface area (Å²) in [6, 6.07) is 14.9. The molecule has 26 heavy (non-hydrogen) atoms. The molecule has 0 saturated carbocycles. The number of carbonyl (C=O) groups excluding carboxylic acids is 1. The number of nitro benzene ring substituents is 1. The highest BCUT2D eigenvalue weighted by atomic mass is 16.6. The minimum atomic E-state index is -0.455. The van der Waals surface area contributed by atoms with Crippen LogP contribution in [0.25, 0.3) is 0 Å². The highest BCUT2D eigenvalue weighted by molar-refractivity contribution is 5.96.